The average Bonchev–Trinajstić information content (AvgIpc) is 3.06. The second-order valence-electron chi connectivity index (χ2n) is 9.02. The van der Waals surface area contributed by atoms with Gasteiger partial charge in [0.05, 0.1) is 17.9 Å². The fourth-order valence-electron chi connectivity index (χ4n) is 3.44. The van der Waals surface area contributed by atoms with Crippen LogP contribution in [-0.2, 0) is 10.9 Å². The van der Waals surface area contributed by atoms with Gasteiger partial charge in [0.1, 0.15) is 5.60 Å². The van der Waals surface area contributed by atoms with Crippen molar-refractivity contribution in [3.63, 3.8) is 0 Å². The summed E-state index contributed by atoms with van der Waals surface area (Å²) in [6, 6.07) is 0.983. The molecule has 0 N–H and O–H groups in total. The summed E-state index contributed by atoms with van der Waals surface area (Å²) in [5, 5.41) is 4.28. The molecular weight excluding hydrogens is 413 g/mol. The molecule has 0 aromatic carbocycles. The normalized spacial score (nSPS) is 19.8. The van der Waals surface area contributed by atoms with E-state index in [1.165, 1.54) is 6.20 Å². The molecule has 2 fully saturated rings. The van der Waals surface area contributed by atoms with Gasteiger partial charge in [-0.25, -0.2) is 14.8 Å². The van der Waals surface area contributed by atoms with Crippen LogP contribution >= 0.6 is 0 Å². The topological polar surface area (TPSA) is 76.4 Å². The van der Waals surface area contributed by atoms with E-state index in [9.17, 15) is 18.0 Å². The summed E-state index contributed by atoms with van der Waals surface area (Å²) in [4.78, 5) is 23.5. The Morgan fingerprint density at radius 2 is 1.90 bits per heavy atom. The van der Waals surface area contributed by atoms with Gasteiger partial charge in [0.2, 0.25) is 5.95 Å². The van der Waals surface area contributed by atoms with E-state index in [1.54, 1.807) is 41.4 Å². The van der Waals surface area contributed by atoms with Gasteiger partial charge < -0.3 is 14.5 Å². The van der Waals surface area contributed by atoms with Gasteiger partial charge in [0, 0.05) is 37.4 Å². The third kappa shape index (κ3) is 4.45. The minimum atomic E-state index is -4.57. The van der Waals surface area contributed by atoms with Crippen LogP contribution in [0.5, 0.6) is 0 Å². The number of hydrogen-bond acceptors (Lipinski definition) is 6. The fraction of sp³-hybridized carbons (Fsp3) is 0.600. The number of anilines is 1. The highest BCUT2D eigenvalue weighted by Gasteiger charge is 2.37. The predicted octanol–water partition coefficient (Wildman–Crippen LogP) is 3.75. The average molecular weight is 438 g/mol. The SMILES string of the molecule is C[C@H]1CCN1c1nc(-c2cnn(C3CN(C(=O)OC(C)(C)C)C3)c2)cc(C(F)(F)F)n1. The lowest BCUT2D eigenvalue weighted by Crippen LogP contribution is -2.52. The maximum atomic E-state index is 13.4. The zero-order valence-electron chi connectivity index (χ0n) is 17.8. The molecule has 1 amide bonds. The molecule has 11 heteroatoms. The van der Waals surface area contributed by atoms with E-state index in [1.807, 2.05) is 6.92 Å². The Kier molecular flexibility index (Phi) is 5.09. The highest BCUT2D eigenvalue weighted by molar-refractivity contribution is 5.69. The Labute approximate surface area is 178 Å². The summed E-state index contributed by atoms with van der Waals surface area (Å²) in [7, 11) is 0. The molecule has 0 bridgehead atoms. The first-order valence-corrected chi connectivity index (χ1v) is 10.2. The molecule has 2 aliphatic heterocycles. The predicted molar refractivity (Wildman–Crippen MR) is 107 cm³/mol. The van der Waals surface area contributed by atoms with Crippen LogP contribution in [0.3, 0.4) is 0 Å². The molecule has 0 unspecified atom stereocenters. The van der Waals surface area contributed by atoms with Gasteiger partial charge in [-0.2, -0.15) is 18.3 Å². The number of ether oxygens (including phenoxy) is 1. The third-order valence-electron chi connectivity index (χ3n) is 5.37. The van der Waals surface area contributed by atoms with Crippen LogP contribution in [-0.4, -0.2) is 62.0 Å². The van der Waals surface area contributed by atoms with Crippen molar-refractivity contribution >= 4 is 12.0 Å². The zero-order chi connectivity index (χ0) is 22.6. The van der Waals surface area contributed by atoms with Gasteiger partial charge in [0.25, 0.3) is 0 Å². The lowest BCUT2D eigenvalue weighted by molar-refractivity contribution is -0.141. The molecule has 2 aromatic rings. The van der Waals surface area contributed by atoms with Gasteiger partial charge in [-0.3, -0.25) is 4.68 Å². The van der Waals surface area contributed by atoms with E-state index in [-0.39, 0.29) is 23.7 Å². The first kappa shape index (κ1) is 21.4. The number of hydrogen-bond donors (Lipinski definition) is 0. The summed E-state index contributed by atoms with van der Waals surface area (Å²) in [6.45, 7) is 8.80. The van der Waals surface area contributed by atoms with Crippen LogP contribution in [0.1, 0.15) is 45.9 Å². The molecule has 0 saturated carbocycles. The molecule has 8 nitrogen and oxygen atoms in total. The van der Waals surface area contributed by atoms with Gasteiger partial charge >= 0.3 is 12.3 Å². The Balaban J connectivity index is 1.52. The number of alkyl halides is 3. The minimum absolute atomic E-state index is 0.0694. The number of nitrogens with zero attached hydrogens (tertiary/aromatic N) is 6. The standard InChI is InChI=1S/C20H25F3N6O2/c1-12-5-6-28(12)17-25-15(7-16(26-17)20(21,22)23)13-8-24-29(9-13)14-10-27(11-14)18(30)31-19(2,3)4/h7-9,12,14H,5-6,10-11H2,1-4H3/t12-/m0/s1. The summed E-state index contributed by atoms with van der Waals surface area (Å²) < 4.78 is 47.2. The summed E-state index contributed by atoms with van der Waals surface area (Å²) in [6.07, 6.45) is -0.929. The molecule has 0 radical (unpaired) electrons. The van der Waals surface area contributed by atoms with Crippen LogP contribution < -0.4 is 4.90 Å². The molecular formula is C20H25F3N6O2. The van der Waals surface area contributed by atoms with E-state index in [0.717, 1.165) is 12.5 Å². The summed E-state index contributed by atoms with van der Waals surface area (Å²) in [5.74, 6) is 0.0797. The first-order valence-electron chi connectivity index (χ1n) is 10.2. The van der Waals surface area contributed by atoms with Crippen molar-refractivity contribution in [2.75, 3.05) is 24.5 Å². The van der Waals surface area contributed by atoms with Crippen molar-refractivity contribution in [3.05, 3.63) is 24.2 Å². The maximum Gasteiger partial charge on any atom is 0.433 e. The van der Waals surface area contributed by atoms with Crippen molar-refractivity contribution in [2.45, 2.75) is 58.0 Å². The summed E-state index contributed by atoms with van der Waals surface area (Å²) >= 11 is 0. The molecule has 2 saturated heterocycles. The molecule has 2 aliphatic rings. The first-order chi connectivity index (χ1) is 14.4. The third-order valence-corrected chi connectivity index (χ3v) is 5.37. The lowest BCUT2D eigenvalue weighted by Gasteiger charge is -2.39. The van der Waals surface area contributed by atoms with Gasteiger partial charge in [-0.05, 0) is 40.2 Å². The van der Waals surface area contributed by atoms with Crippen LogP contribution in [0, 0.1) is 0 Å². The van der Waals surface area contributed by atoms with Crippen molar-refractivity contribution in [3.8, 4) is 11.3 Å². The largest absolute Gasteiger partial charge is 0.444 e. The summed E-state index contributed by atoms with van der Waals surface area (Å²) in [5.41, 5.74) is -0.904. The minimum Gasteiger partial charge on any atom is -0.444 e. The van der Waals surface area contributed by atoms with Gasteiger partial charge in [0.15, 0.2) is 5.69 Å². The van der Waals surface area contributed by atoms with E-state index in [2.05, 4.69) is 15.1 Å². The van der Waals surface area contributed by atoms with Gasteiger partial charge in [-0.1, -0.05) is 0 Å². The smallest absolute Gasteiger partial charge is 0.433 e. The highest BCUT2D eigenvalue weighted by Crippen LogP contribution is 2.34. The van der Waals surface area contributed by atoms with E-state index >= 15 is 0 Å². The zero-order valence-corrected chi connectivity index (χ0v) is 17.8. The molecule has 4 heterocycles. The number of amides is 1. The van der Waals surface area contributed by atoms with E-state index < -0.39 is 23.6 Å². The number of halogens is 3. The number of carbonyl (C=O) groups is 1. The lowest BCUT2D eigenvalue weighted by atomic mass is 10.1. The maximum absolute atomic E-state index is 13.4. The Morgan fingerprint density at radius 3 is 2.45 bits per heavy atom. The van der Waals surface area contributed by atoms with Crippen LogP contribution in [0.15, 0.2) is 18.5 Å². The van der Waals surface area contributed by atoms with E-state index in [0.29, 0.717) is 25.2 Å². The molecule has 2 aromatic heterocycles. The van der Waals surface area contributed by atoms with Crippen molar-refractivity contribution in [2.24, 2.45) is 0 Å². The number of rotatable bonds is 3. The fourth-order valence-corrected chi connectivity index (χ4v) is 3.44. The number of aromatic nitrogens is 4. The van der Waals surface area contributed by atoms with Crippen molar-refractivity contribution < 1.29 is 22.7 Å². The molecule has 1 atom stereocenters. The van der Waals surface area contributed by atoms with Crippen LogP contribution in [0.4, 0.5) is 23.9 Å². The second kappa shape index (κ2) is 7.38. The van der Waals surface area contributed by atoms with Crippen molar-refractivity contribution in [1.29, 1.82) is 0 Å². The highest BCUT2D eigenvalue weighted by atomic mass is 19.4. The van der Waals surface area contributed by atoms with Crippen LogP contribution in [0.25, 0.3) is 11.3 Å². The molecule has 31 heavy (non-hydrogen) atoms. The Hall–Kier alpha value is -2.85. The molecule has 0 spiro atoms. The second-order valence-corrected chi connectivity index (χ2v) is 9.02. The molecule has 168 valence electrons. The number of carbonyl (C=O) groups excluding carboxylic acids is 1. The Bertz CT molecular complexity index is 978. The number of likely N-dealkylation sites (tertiary alicyclic amines) is 1. The van der Waals surface area contributed by atoms with Crippen molar-refractivity contribution in [1.82, 2.24) is 24.6 Å². The molecule has 4 rings (SSSR count). The van der Waals surface area contributed by atoms with E-state index in [4.69, 9.17) is 4.74 Å². The van der Waals surface area contributed by atoms with Gasteiger partial charge in [-0.15, -0.1) is 0 Å². The molecule has 0 aliphatic carbocycles. The monoisotopic (exact) mass is 438 g/mol. The Morgan fingerprint density at radius 1 is 1.19 bits per heavy atom. The quantitative estimate of drug-likeness (QED) is 0.727. The van der Waals surface area contributed by atoms with Crippen LogP contribution in [0.2, 0.25) is 0 Å².